The number of aromatic nitrogens is 1. The van der Waals surface area contributed by atoms with Crippen LogP contribution < -0.4 is 5.43 Å². The van der Waals surface area contributed by atoms with Crippen LogP contribution in [0.1, 0.15) is 27.2 Å². The zero-order valence-corrected chi connectivity index (χ0v) is 13.1. The Hall–Kier alpha value is -3.01. The number of hydrazone groups is 1. The average molecular weight is 303 g/mol. The standard InChI is InChI=1S/C19H17N3O/c1-13-7-9-15(10-8-13)12-20-22-19(23)17-11-14(2)21-18-6-4-3-5-16(17)18/h3-12H,1-2H3,(H,22,23). The van der Waals surface area contributed by atoms with Crippen molar-refractivity contribution in [3.05, 3.63) is 77.0 Å². The van der Waals surface area contributed by atoms with Crippen LogP contribution in [-0.4, -0.2) is 17.1 Å². The third-order valence-electron chi connectivity index (χ3n) is 3.55. The van der Waals surface area contributed by atoms with Gasteiger partial charge in [-0.3, -0.25) is 9.78 Å². The number of nitrogens with zero attached hydrogens (tertiary/aromatic N) is 2. The Morgan fingerprint density at radius 2 is 1.83 bits per heavy atom. The van der Waals surface area contributed by atoms with Gasteiger partial charge in [-0.25, -0.2) is 5.43 Å². The summed E-state index contributed by atoms with van der Waals surface area (Å²) in [5, 5.41) is 4.86. The number of benzene rings is 2. The Bertz CT molecular complexity index is 883. The van der Waals surface area contributed by atoms with Gasteiger partial charge in [-0.1, -0.05) is 48.0 Å². The summed E-state index contributed by atoms with van der Waals surface area (Å²) in [6.45, 7) is 3.90. The fourth-order valence-electron chi connectivity index (χ4n) is 2.37. The highest BCUT2D eigenvalue weighted by atomic mass is 16.2. The fourth-order valence-corrected chi connectivity index (χ4v) is 2.37. The van der Waals surface area contributed by atoms with Crippen LogP contribution in [0.2, 0.25) is 0 Å². The number of carbonyl (C=O) groups excluding carboxylic acids is 1. The zero-order chi connectivity index (χ0) is 16.2. The number of para-hydroxylation sites is 1. The van der Waals surface area contributed by atoms with Crippen molar-refractivity contribution >= 4 is 23.0 Å². The molecule has 0 saturated carbocycles. The average Bonchev–Trinajstić information content (AvgIpc) is 2.55. The maximum Gasteiger partial charge on any atom is 0.272 e. The van der Waals surface area contributed by atoms with Crippen molar-refractivity contribution in [2.75, 3.05) is 0 Å². The van der Waals surface area contributed by atoms with Gasteiger partial charge in [0.1, 0.15) is 0 Å². The summed E-state index contributed by atoms with van der Waals surface area (Å²) in [6.07, 6.45) is 1.63. The van der Waals surface area contributed by atoms with Crippen molar-refractivity contribution in [1.82, 2.24) is 10.4 Å². The molecule has 114 valence electrons. The summed E-state index contributed by atoms with van der Waals surface area (Å²) in [4.78, 5) is 16.8. The Morgan fingerprint density at radius 1 is 1.09 bits per heavy atom. The summed E-state index contributed by atoms with van der Waals surface area (Å²) >= 11 is 0. The lowest BCUT2D eigenvalue weighted by Gasteiger charge is -2.06. The number of hydrogen-bond donors (Lipinski definition) is 1. The lowest BCUT2D eigenvalue weighted by atomic mass is 10.1. The molecule has 0 fully saturated rings. The summed E-state index contributed by atoms with van der Waals surface area (Å²) in [6, 6.07) is 17.3. The van der Waals surface area contributed by atoms with Crippen LogP contribution in [0, 0.1) is 13.8 Å². The van der Waals surface area contributed by atoms with E-state index < -0.39 is 0 Å². The molecule has 23 heavy (non-hydrogen) atoms. The normalized spacial score (nSPS) is 11.0. The highest BCUT2D eigenvalue weighted by Crippen LogP contribution is 2.18. The second kappa shape index (κ2) is 6.40. The van der Waals surface area contributed by atoms with Crippen LogP contribution >= 0.6 is 0 Å². The van der Waals surface area contributed by atoms with Crippen molar-refractivity contribution in [1.29, 1.82) is 0 Å². The molecule has 4 nitrogen and oxygen atoms in total. The molecule has 1 N–H and O–H groups in total. The maximum atomic E-state index is 12.4. The number of pyridine rings is 1. The van der Waals surface area contributed by atoms with Crippen LogP contribution in [0.15, 0.2) is 59.7 Å². The molecule has 0 atom stereocenters. The molecule has 3 rings (SSSR count). The minimum atomic E-state index is -0.241. The monoisotopic (exact) mass is 303 g/mol. The molecule has 1 amide bonds. The lowest BCUT2D eigenvalue weighted by Crippen LogP contribution is -2.18. The lowest BCUT2D eigenvalue weighted by molar-refractivity contribution is 0.0956. The molecule has 2 aromatic carbocycles. The Balaban J connectivity index is 1.82. The van der Waals surface area contributed by atoms with E-state index in [1.165, 1.54) is 5.56 Å². The summed E-state index contributed by atoms with van der Waals surface area (Å²) < 4.78 is 0. The Morgan fingerprint density at radius 3 is 2.61 bits per heavy atom. The molecule has 0 aliphatic heterocycles. The van der Waals surface area contributed by atoms with Gasteiger partial charge < -0.3 is 0 Å². The molecular formula is C19H17N3O. The number of nitrogens with one attached hydrogen (secondary N) is 1. The van der Waals surface area contributed by atoms with Crippen molar-refractivity contribution in [2.24, 2.45) is 5.10 Å². The molecule has 0 aliphatic carbocycles. The Labute approximate surface area is 134 Å². The van der Waals surface area contributed by atoms with Crippen LogP contribution in [0.25, 0.3) is 10.9 Å². The molecule has 3 aromatic rings. The minimum Gasteiger partial charge on any atom is -0.267 e. The van der Waals surface area contributed by atoms with Gasteiger partial charge in [-0.15, -0.1) is 0 Å². The second-order valence-corrected chi connectivity index (χ2v) is 5.44. The van der Waals surface area contributed by atoms with Crippen molar-refractivity contribution in [2.45, 2.75) is 13.8 Å². The van der Waals surface area contributed by atoms with Gasteiger partial charge >= 0.3 is 0 Å². The molecule has 0 bridgehead atoms. The van der Waals surface area contributed by atoms with Gasteiger partial charge in [0.2, 0.25) is 0 Å². The van der Waals surface area contributed by atoms with Crippen LogP contribution in [0.4, 0.5) is 0 Å². The first-order chi connectivity index (χ1) is 11.1. The van der Waals surface area contributed by atoms with Gasteiger partial charge in [-0.2, -0.15) is 5.10 Å². The summed E-state index contributed by atoms with van der Waals surface area (Å²) in [7, 11) is 0. The van der Waals surface area contributed by atoms with Crippen molar-refractivity contribution < 1.29 is 4.79 Å². The third-order valence-corrected chi connectivity index (χ3v) is 3.55. The number of rotatable bonds is 3. The zero-order valence-electron chi connectivity index (χ0n) is 13.1. The van der Waals surface area contributed by atoms with Crippen LogP contribution in [0.3, 0.4) is 0 Å². The smallest absolute Gasteiger partial charge is 0.267 e. The molecule has 0 aliphatic rings. The molecule has 0 unspecified atom stereocenters. The number of fused-ring (bicyclic) bond motifs is 1. The topological polar surface area (TPSA) is 54.4 Å². The number of hydrogen-bond acceptors (Lipinski definition) is 3. The third kappa shape index (κ3) is 3.43. The number of aryl methyl sites for hydroxylation is 2. The highest BCUT2D eigenvalue weighted by Gasteiger charge is 2.10. The number of carbonyl (C=O) groups is 1. The van der Waals surface area contributed by atoms with E-state index >= 15 is 0 Å². The van der Waals surface area contributed by atoms with Gasteiger partial charge in [0.25, 0.3) is 5.91 Å². The van der Waals surface area contributed by atoms with E-state index in [9.17, 15) is 4.79 Å². The highest BCUT2D eigenvalue weighted by molar-refractivity contribution is 6.06. The molecule has 0 radical (unpaired) electrons. The molecule has 4 heteroatoms. The summed E-state index contributed by atoms with van der Waals surface area (Å²) in [5.41, 5.74) is 6.89. The first kappa shape index (κ1) is 14.9. The first-order valence-corrected chi connectivity index (χ1v) is 7.40. The summed E-state index contributed by atoms with van der Waals surface area (Å²) in [5.74, 6) is -0.241. The van der Waals surface area contributed by atoms with E-state index in [1.807, 2.05) is 62.4 Å². The largest absolute Gasteiger partial charge is 0.272 e. The maximum absolute atomic E-state index is 12.4. The first-order valence-electron chi connectivity index (χ1n) is 7.40. The molecule has 1 aromatic heterocycles. The van der Waals surface area contributed by atoms with Crippen LogP contribution in [-0.2, 0) is 0 Å². The van der Waals surface area contributed by atoms with Gasteiger partial charge in [0.15, 0.2) is 0 Å². The van der Waals surface area contributed by atoms with Gasteiger partial charge in [-0.05, 0) is 31.5 Å². The predicted octanol–water partition coefficient (Wildman–Crippen LogP) is 3.62. The SMILES string of the molecule is Cc1ccc(C=NNC(=O)c2cc(C)nc3ccccc23)cc1. The van der Waals surface area contributed by atoms with E-state index in [-0.39, 0.29) is 5.91 Å². The predicted molar refractivity (Wildman–Crippen MR) is 92.7 cm³/mol. The Kier molecular flexibility index (Phi) is 4.15. The van der Waals surface area contributed by atoms with Crippen molar-refractivity contribution in [3.8, 4) is 0 Å². The fraction of sp³-hybridized carbons (Fsp3) is 0.105. The number of amides is 1. The molecular weight excluding hydrogens is 286 g/mol. The van der Waals surface area contributed by atoms with E-state index in [1.54, 1.807) is 12.3 Å². The molecule has 0 spiro atoms. The van der Waals surface area contributed by atoms with E-state index in [2.05, 4.69) is 15.5 Å². The second-order valence-electron chi connectivity index (χ2n) is 5.44. The van der Waals surface area contributed by atoms with E-state index in [0.717, 1.165) is 22.2 Å². The van der Waals surface area contributed by atoms with Crippen LogP contribution in [0.5, 0.6) is 0 Å². The van der Waals surface area contributed by atoms with Gasteiger partial charge in [0, 0.05) is 11.1 Å². The van der Waals surface area contributed by atoms with E-state index in [0.29, 0.717) is 5.56 Å². The van der Waals surface area contributed by atoms with Crippen molar-refractivity contribution in [3.63, 3.8) is 0 Å². The van der Waals surface area contributed by atoms with Gasteiger partial charge in [0.05, 0.1) is 17.3 Å². The molecule has 1 heterocycles. The van der Waals surface area contributed by atoms with E-state index in [4.69, 9.17) is 0 Å². The molecule has 0 saturated heterocycles. The minimum absolute atomic E-state index is 0.241. The quantitative estimate of drug-likeness (QED) is 0.593.